The normalized spacial score (nSPS) is 19.3. The number of rotatable bonds is 8. The van der Waals surface area contributed by atoms with Crippen molar-refractivity contribution in [3.63, 3.8) is 0 Å². The van der Waals surface area contributed by atoms with Crippen LogP contribution in [0.3, 0.4) is 0 Å². The predicted molar refractivity (Wildman–Crippen MR) is 113 cm³/mol. The molecular weight excluding hydrogens is 390 g/mol. The molecular formula is C23H28ClNO4. The average Bonchev–Trinajstić information content (AvgIpc) is 2.70. The number of hydrogen-bond acceptors (Lipinski definition) is 5. The predicted octanol–water partition coefficient (Wildman–Crippen LogP) is 3.71. The van der Waals surface area contributed by atoms with E-state index in [1.54, 1.807) is 19.1 Å². The van der Waals surface area contributed by atoms with Crippen LogP contribution in [0.15, 0.2) is 42.5 Å². The van der Waals surface area contributed by atoms with Gasteiger partial charge in [0.1, 0.15) is 5.75 Å². The monoisotopic (exact) mass is 417 g/mol. The van der Waals surface area contributed by atoms with Crippen molar-refractivity contribution in [3.8, 4) is 5.75 Å². The number of aliphatic hydroxyl groups excluding tert-OH is 1. The molecule has 2 unspecified atom stereocenters. The standard InChI is InChI=1S/C23H28ClNO4/c1-3-28-23(27)14-29-20-8-7-16-9-15(2)21(12-18(16)11-20)25-13-22(26)17-5-4-6-19(24)10-17/h4-8,10-11,15,21-22,25-26H,3,9,12-14H2,1-2H3/t15?,21?,22-/m1/s1. The highest BCUT2D eigenvalue weighted by molar-refractivity contribution is 6.30. The Bertz CT molecular complexity index is 841. The number of aliphatic hydroxyl groups is 1. The summed E-state index contributed by atoms with van der Waals surface area (Å²) in [6.45, 7) is 4.71. The third-order valence-corrected chi connectivity index (χ3v) is 5.55. The van der Waals surface area contributed by atoms with Crippen molar-refractivity contribution in [1.82, 2.24) is 5.32 Å². The summed E-state index contributed by atoms with van der Waals surface area (Å²) in [5, 5.41) is 14.6. The van der Waals surface area contributed by atoms with E-state index in [9.17, 15) is 9.90 Å². The fourth-order valence-electron chi connectivity index (χ4n) is 3.72. The number of halogens is 1. The summed E-state index contributed by atoms with van der Waals surface area (Å²) in [6, 6.07) is 13.5. The van der Waals surface area contributed by atoms with Gasteiger partial charge in [-0.15, -0.1) is 0 Å². The molecule has 156 valence electrons. The van der Waals surface area contributed by atoms with Gasteiger partial charge < -0.3 is 19.9 Å². The summed E-state index contributed by atoms with van der Waals surface area (Å²) in [4.78, 5) is 11.5. The van der Waals surface area contributed by atoms with Crippen LogP contribution in [0.4, 0.5) is 0 Å². The highest BCUT2D eigenvalue weighted by Crippen LogP contribution is 2.29. The van der Waals surface area contributed by atoms with Crippen molar-refractivity contribution in [2.45, 2.75) is 38.8 Å². The maximum atomic E-state index is 11.5. The first-order valence-corrected chi connectivity index (χ1v) is 10.4. The van der Waals surface area contributed by atoms with Crippen LogP contribution in [-0.4, -0.2) is 36.9 Å². The quantitative estimate of drug-likeness (QED) is 0.641. The minimum atomic E-state index is -0.610. The van der Waals surface area contributed by atoms with Crippen molar-refractivity contribution < 1.29 is 19.4 Å². The number of hydrogen-bond donors (Lipinski definition) is 2. The number of carbonyl (C=O) groups is 1. The van der Waals surface area contributed by atoms with Crippen LogP contribution in [0, 0.1) is 5.92 Å². The maximum Gasteiger partial charge on any atom is 0.344 e. The molecule has 3 rings (SSSR count). The summed E-state index contributed by atoms with van der Waals surface area (Å²) in [5.41, 5.74) is 3.32. The van der Waals surface area contributed by atoms with E-state index in [4.69, 9.17) is 21.1 Å². The lowest BCUT2D eigenvalue weighted by Gasteiger charge is -2.32. The van der Waals surface area contributed by atoms with Crippen molar-refractivity contribution >= 4 is 17.6 Å². The van der Waals surface area contributed by atoms with Gasteiger partial charge in [0.15, 0.2) is 6.61 Å². The van der Waals surface area contributed by atoms with Gasteiger partial charge in [-0.25, -0.2) is 4.79 Å². The fourth-order valence-corrected chi connectivity index (χ4v) is 3.92. The molecule has 0 saturated carbocycles. The number of fused-ring (bicyclic) bond motifs is 1. The van der Waals surface area contributed by atoms with Crippen LogP contribution in [0.1, 0.15) is 36.6 Å². The van der Waals surface area contributed by atoms with Gasteiger partial charge in [0.2, 0.25) is 0 Å². The minimum Gasteiger partial charge on any atom is -0.482 e. The molecule has 3 atom stereocenters. The van der Waals surface area contributed by atoms with E-state index >= 15 is 0 Å². The summed E-state index contributed by atoms with van der Waals surface area (Å²) < 4.78 is 10.5. The lowest BCUT2D eigenvalue weighted by molar-refractivity contribution is -0.145. The van der Waals surface area contributed by atoms with Crippen LogP contribution < -0.4 is 10.1 Å². The molecule has 0 aromatic heterocycles. The Balaban J connectivity index is 1.59. The molecule has 2 aromatic rings. The number of ether oxygens (including phenoxy) is 2. The van der Waals surface area contributed by atoms with Gasteiger partial charge in [-0.1, -0.05) is 36.7 Å². The summed E-state index contributed by atoms with van der Waals surface area (Å²) in [6.07, 6.45) is 1.19. The molecule has 0 radical (unpaired) electrons. The second-order valence-corrected chi connectivity index (χ2v) is 7.93. The molecule has 1 aliphatic carbocycles. The number of benzene rings is 2. The first-order valence-electron chi connectivity index (χ1n) is 10.0. The second kappa shape index (κ2) is 10.1. The summed E-state index contributed by atoms with van der Waals surface area (Å²) >= 11 is 6.02. The highest BCUT2D eigenvalue weighted by atomic mass is 35.5. The van der Waals surface area contributed by atoms with Crippen LogP contribution >= 0.6 is 11.6 Å². The molecule has 0 amide bonds. The van der Waals surface area contributed by atoms with Gasteiger partial charge in [-0.05, 0) is 66.6 Å². The van der Waals surface area contributed by atoms with Crippen molar-refractivity contribution in [2.24, 2.45) is 5.92 Å². The van der Waals surface area contributed by atoms with Gasteiger partial charge >= 0.3 is 5.97 Å². The highest BCUT2D eigenvalue weighted by Gasteiger charge is 2.26. The zero-order valence-electron chi connectivity index (χ0n) is 16.9. The molecule has 2 N–H and O–H groups in total. The largest absolute Gasteiger partial charge is 0.482 e. The molecule has 6 heteroatoms. The molecule has 5 nitrogen and oxygen atoms in total. The zero-order valence-corrected chi connectivity index (χ0v) is 17.6. The third-order valence-electron chi connectivity index (χ3n) is 5.32. The van der Waals surface area contributed by atoms with E-state index in [0.29, 0.717) is 29.8 Å². The van der Waals surface area contributed by atoms with Gasteiger partial charge in [-0.3, -0.25) is 0 Å². The zero-order chi connectivity index (χ0) is 20.8. The third kappa shape index (κ3) is 5.95. The lowest BCUT2D eigenvalue weighted by Crippen LogP contribution is -2.42. The topological polar surface area (TPSA) is 67.8 Å². The van der Waals surface area contributed by atoms with Crippen molar-refractivity contribution in [3.05, 3.63) is 64.2 Å². The molecule has 0 heterocycles. The van der Waals surface area contributed by atoms with Gasteiger partial charge in [0.05, 0.1) is 12.7 Å². The average molecular weight is 418 g/mol. The number of carbonyl (C=O) groups excluding carboxylic acids is 1. The summed E-state index contributed by atoms with van der Waals surface area (Å²) in [7, 11) is 0. The second-order valence-electron chi connectivity index (χ2n) is 7.50. The molecule has 0 bridgehead atoms. The van der Waals surface area contributed by atoms with Gasteiger partial charge in [0, 0.05) is 17.6 Å². The molecule has 0 aliphatic heterocycles. The van der Waals surface area contributed by atoms with Gasteiger partial charge in [0.25, 0.3) is 0 Å². The van der Waals surface area contributed by atoms with Crippen molar-refractivity contribution in [1.29, 1.82) is 0 Å². The Labute approximate surface area is 177 Å². The molecule has 1 aliphatic rings. The van der Waals surface area contributed by atoms with Crippen LogP contribution in [0.2, 0.25) is 5.02 Å². The van der Waals surface area contributed by atoms with E-state index in [0.717, 1.165) is 18.4 Å². The maximum absolute atomic E-state index is 11.5. The van der Waals surface area contributed by atoms with E-state index in [1.165, 1.54) is 11.1 Å². The minimum absolute atomic E-state index is 0.0868. The van der Waals surface area contributed by atoms with Gasteiger partial charge in [-0.2, -0.15) is 0 Å². The molecule has 0 saturated heterocycles. The Kier molecular flexibility index (Phi) is 7.53. The van der Waals surface area contributed by atoms with Crippen LogP contribution in [0.25, 0.3) is 0 Å². The van der Waals surface area contributed by atoms with Crippen LogP contribution in [0.5, 0.6) is 5.75 Å². The summed E-state index contributed by atoms with van der Waals surface area (Å²) in [5.74, 6) is 0.748. The lowest BCUT2D eigenvalue weighted by atomic mass is 9.81. The Morgan fingerprint density at radius 2 is 2.07 bits per heavy atom. The molecule has 2 aromatic carbocycles. The van der Waals surface area contributed by atoms with E-state index in [1.807, 2.05) is 24.3 Å². The molecule has 0 fully saturated rings. The number of esters is 1. The number of nitrogens with one attached hydrogen (secondary N) is 1. The van der Waals surface area contributed by atoms with Crippen LogP contribution in [-0.2, 0) is 22.4 Å². The van der Waals surface area contributed by atoms with E-state index < -0.39 is 6.10 Å². The van der Waals surface area contributed by atoms with E-state index in [-0.39, 0.29) is 18.6 Å². The first-order chi connectivity index (χ1) is 14.0. The SMILES string of the molecule is CCOC(=O)COc1ccc2c(c1)CC(NC[C@@H](O)c1cccc(Cl)c1)C(C)C2. The Morgan fingerprint density at radius 1 is 1.24 bits per heavy atom. The van der Waals surface area contributed by atoms with E-state index in [2.05, 4.69) is 18.3 Å². The smallest absolute Gasteiger partial charge is 0.344 e. The molecule has 0 spiro atoms. The molecule has 29 heavy (non-hydrogen) atoms. The fraction of sp³-hybridized carbons (Fsp3) is 0.435. The van der Waals surface area contributed by atoms with Crippen molar-refractivity contribution in [2.75, 3.05) is 19.8 Å². The Morgan fingerprint density at radius 3 is 2.83 bits per heavy atom. The first kappa shape index (κ1) is 21.6. The Hall–Kier alpha value is -2.08.